The summed E-state index contributed by atoms with van der Waals surface area (Å²) in [6, 6.07) is 3.96. The van der Waals surface area contributed by atoms with E-state index in [0.717, 1.165) is 42.2 Å². The van der Waals surface area contributed by atoms with Gasteiger partial charge in [-0.3, -0.25) is 0 Å². The molecule has 4 nitrogen and oxygen atoms in total. The maximum Gasteiger partial charge on any atom is 0.191 e. The number of nitrogens with zero attached hydrogens (tertiary/aromatic N) is 1. The molecule has 0 unspecified atom stereocenters. The van der Waals surface area contributed by atoms with Crippen LogP contribution in [0.4, 0.5) is 0 Å². The molecule has 0 aliphatic heterocycles. The molecule has 0 amide bonds. The lowest BCUT2D eigenvalue weighted by Crippen LogP contribution is -2.37. The Kier molecular flexibility index (Phi) is 6.19. The number of guanidine groups is 1. The van der Waals surface area contributed by atoms with E-state index in [1.807, 2.05) is 26.0 Å². The molecule has 106 valence electrons. The fraction of sp³-hybridized carbons (Fsp3) is 0.533. The number of aliphatic imine (C=N–C) groups is 1. The van der Waals surface area contributed by atoms with Crippen LogP contribution < -0.4 is 10.6 Å². The molecule has 1 rings (SSSR count). The van der Waals surface area contributed by atoms with Gasteiger partial charge >= 0.3 is 0 Å². The highest BCUT2D eigenvalue weighted by Gasteiger charge is 2.03. The Hall–Kier alpha value is -1.71. The van der Waals surface area contributed by atoms with Crippen LogP contribution in [-0.2, 0) is 6.54 Å². The monoisotopic (exact) mass is 263 g/mol. The summed E-state index contributed by atoms with van der Waals surface area (Å²) in [7, 11) is 0. The third kappa shape index (κ3) is 4.81. The molecule has 0 fully saturated rings. The Morgan fingerprint density at radius 3 is 2.32 bits per heavy atom. The quantitative estimate of drug-likeness (QED) is 0.565. The Morgan fingerprint density at radius 2 is 1.79 bits per heavy atom. The van der Waals surface area contributed by atoms with Gasteiger partial charge in [0.1, 0.15) is 5.75 Å². The van der Waals surface area contributed by atoms with Crippen molar-refractivity contribution < 1.29 is 5.11 Å². The number of nitrogens with one attached hydrogen (secondary N) is 2. The largest absolute Gasteiger partial charge is 0.507 e. The summed E-state index contributed by atoms with van der Waals surface area (Å²) >= 11 is 0. The van der Waals surface area contributed by atoms with Crippen molar-refractivity contribution >= 4 is 5.96 Å². The van der Waals surface area contributed by atoms with Crippen molar-refractivity contribution in [2.24, 2.45) is 4.99 Å². The fourth-order valence-corrected chi connectivity index (χ4v) is 1.89. The van der Waals surface area contributed by atoms with Crippen LogP contribution in [0.15, 0.2) is 17.1 Å². The van der Waals surface area contributed by atoms with Crippen LogP contribution in [0.1, 0.15) is 37.0 Å². The summed E-state index contributed by atoms with van der Waals surface area (Å²) in [4.78, 5) is 4.55. The molecule has 0 spiro atoms. The van der Waals surface area contributed by atoms with Gasteiger partial charge in [-0.15, -0.1) is 0 Å². The highest BCUT2D eigenvalue weighted by Crippen LogP contribution is 2.23. The second-order valence-electron chi connectivity index (χ2n) is 4.70. The third-order valence-corrected chi connectivity index (χ3v) is 2.86. The number of aromatic hydroxyl groups is 1. The summed E-state index contributed by atoms with van der Waals surface area (Å²) in [5, 5.41) is 16.2. The number of benzene rings is 1. The SMILES string of the molecule is CCCNC(=NCc1cc(C)c(O)c(C)c1)NCC. The van der Waals surface area contributed by atoms with Gasteiger partial charge in [-0.2, -0.15) is 0 Å². The molecule has 0 aromatic heterocycles. The predicted molar refractivity (Wildman–Crippen MR) is 80.7 cm³/mol. The average Bonchev–Trinajstić information content (AvgIpc) is 2.39. The standard InChI is InChI=1S/C15H25N3O/c1-5-7-17-15(16-6-2)18-10-13-8-11(3)14(19)12(4)9-13/h8-9,19H,5-7,10H2,1-4H3,(H2,16,17,18). The number of phenolic OH excluding ortho intramolecular Hbond substituents is 1. The van der Waals surface area contributed by atoms with Gasteiger partial charge in [0.15, 0.2) is 5.96 Å². The molecule has 19 heavy (non-hydrogen) atoms. The third-order valence-electron chi connectivity index (χ3n) is 2.86. The van der Waals surface area contributed by atoms with Gasteiger partial charge in [0.2, 0.25) is 0 Å². The fourth-order valence-electron chi connectivity index (χ4n) is 1.89. The molecule has 0 atom stereocenters. The van der Waals surface area contributed by atoms with Crippen molar-refractivity contribution in [3.05, 3.63) is 28.8 Å². The number of phenols is 1. The Bertz CT molecular complexity index is 418. The van der Waals surface area contributed by atoms with Gasteiger partial charge < -0.3 is 15.7 Å². The molecule has 0 bridgehead atoms. The van der Waals surface area contributed by atoms with Gasteiger partial charge in [0.25, 0.3) is 0 Å². The van der Waals surface area contributed by atoms with Crippen molar-refractivity contribution in [3.63, 3.8) is 0 Å². The maximum atomic E-state index is 9.75. The first-order chi connectivity index (χ1) is 9.08. The molecular weight excluding hydrogens is 238 g/mol. The van der Waals surface area contributed by atoms with E-state index in [1.54, 1.807) is 0 Å². The van der Waals surface area contributed by atoms with E-state index in [4.69, 9.17) is 0 Å². The molecule has 0 aliphatic carbocycles. The van der Waals surface area contributed by atoms with Crippen LogP contribution in [-0.4, -0.2) is 24.2 Å². The lowest BCUT2D eigenvalue weighted by atomic mass is 10.1. The summed E-state index contributed by atoms with van der Waals surface area (Å²) < 4.78 is 0. The molecule has 0 saturated carbocycles. The lowest BCUT2D eigenvalue weighted by molar-refractivity contribution is 0.466. The lowest BCUT2D eigenvalue weighted by Gasteiger charge is -2.11. The average molecular weight is 263 g/mol. The molecule has 3 N–H and O–H groups in total. The zero-order chi connectivity index (χ0) is 14.3. The van der Waals surface area contributed by atoms with Crippen molar-refractivity contribution in [1.29, 1.82) is 0 Å². The molecule has 0 radical (unpaired) electrons. The summed E-state index contributed by atoms with van der Waals surface area (Å²) in [6.07, 6.45) is 1.07. The summed E-state index contributed by atoms with van der Waals surface area (Å²) in [6.45, 7) is 10.4. The second kappa shape index (κ2) is 7.67. The predicted octanol–water partition coefficient (Wildman–Crippen LogP) is 2.47. The van der Waals surface area contributed by atoms with E-state index in [-0.39, 0.29) is 0 Å². The first-order valence-electron chi connectivity index (χ1n) is 6.89. The molecule has 1 aromatic rings. The Balaban J connectivity index is 2.76. The Morgan fingerprint density at radius 1 is 1.16 bits per heavy atom. The van der Waals surface area contributed by atoms with Crippen LogP contribution in [0.3, 0.4) is 0 Å². The van der Waals surface area contributed by atoms with Gasteiger partial charge in [-0.1, -0.05) is 19.1 Å². The van der Waals surface area contributed by atoms with Gasteiger partial charge in [-0.25, -0.2) is 4.99 Å². The number of hydrogen-bond acceptors (Lipinski definition) is 2. The van der Waals surface area contributed by atoms with Gasteiger partial charge in [0.05, 0.1) is 6.54 Å². The van der Waals surface area contributed by atoms with E-state index in [0.29, 0.717) is 12.3 Å². The first kappa shape index (κ1) is 15.3. The smallest absolute Gasteiger partial charge is 0.191 e. The van der Waals surface area contributed by atoms with Crippen LogP contribution in [0, 0.1) is 13.8 Å². The van der Waals surface area contributed by atoms with Crippen LogP contribution >= 0.6 is 0 Å². The topological polar surface area (TPSA) is 56.7 Å². The van der Waals surface area contributed by atoms with Gasteiger partial charge in [-0.05, 0) is 43.9 Å². The van der Waals surface area contributed by atoms with E-state index >= 15 is 0 Å². The van der Waals surface area contributed by atoms with E-state index in [2.05, 4.69) is 29.5 Å². The van der Waals surface area contributed by atoms with Crippen LogP contribution in [0.2, 0.25) is 0 Å². The minimum Gasteiger partial charge on any atom is -0.507 e. The van der Waals surface area contributed by atoms with E-state index in [9.17, 15) is 5.11 Å². The van der Waals surface area contributed by atoms with Crippen LogP contribution in [0.25, 0.3) is 0 Å². The number of rotatable bonds is 5. The molecule has 1 aromatic carbocycles. The van der Waals surface area contributed by atoms with E-state index in [1.165, 1.54) is 0 Å². The second-order valence-corrected chi connectivity index (χ2v) is 4.70. The molecule has 0 saturated heterocycles. The summed E-state index contributed by atoms with van der Waals surface area (Å²) in [5.41, 5.74) is 2.91. The van der Waals surface area contributed by atoms with Crippen molar-refractivity contribution in [3.8, 4) is 5.75 Å². The normalized spacial score (nSPS) is 11.5. The highest BCUT2D eigenvalue weighted by atomic mass is 16.3. The minimum absolute atomic E-state index is 0.378. The number of hydrogen-bond donors (Lipinski definition) is 3. The number of aryl methyl sites for hydroxylation is 2. The zero-order valence-corrected chi connectivity index (χ0v) is 12.4. The highest BCUT2D eigenvalue weighted by molar-refractivity contribution is 5.79. The van der Waals surface area contributed by atoms with Crippen LogP contribution in [0.5, 0.6) is 5.75 Å². The first-order valence-corrected chi connectivity index (χ1v) is 6.89. The maximum absolute atomic E-state index is 9.75. The van der Waals surface area contributed by atoms with E-state index < -0.39 is 0 Å². The van der Waals surface area contributed by atoms with Crippen molar-refractivity contribution in [1.82, 2.24) is 10.6 Å². The minimum atomic E-state index is 0.378. The van der Waals surface area contributed by atoms with Gasteiger partial charge in [0, 0.05) is 13.1 Å². The molecule has 4 heteroatoms. The van der Waals surface area contributed by atoms with Crippen molar-refractivity contribution in [2.75, 3.05) is 13.1 Å². The zero-order valence-electron chi connectivity index (χ0n) is 12.4. The molecule has 0 heterocycles. The summed E-state index contributed by atoms with van der Waals surface area (Å²) in [5.74, 6) is 1.22. The molecule has 0 aliphatic rings. The van der Waals surface area contributed by atoms with Crippen molar-refractivity contribution in [2.45, 2.75) is 40.7 Å². The Labute approximate surface area is 116 Å². The molecular formula is C15H25N3O.